The summed E-state index contributed by atoms with van der Waals surface area (Å²) in [7, 11) is 0. The number of aldehydes is 1. The summed E-state index contributed by atoms with van der Waals surface area (Å²) in [6.07, 6.45) is 0.390. The van der Waals surface area contributed by atoms with E-state index in [0.29, 0.717) is 12.0 Å². The lowest BCUT2D eigenvalue weighted by molar-refractivity contribution is 0.112. The van der Waals surface area contributed by atoms with E-state index in [2.05, 4.69) is 0 Å². The highest BCUT2D eigenvalue weighted by Gasteiger charge is 2.12. The number of carbonyl (C=O) groups is 1. The monoisotopic (exact) mass is 294 g/mol. The van der Waals surface area contributed by atoms with Crippen LogP contribution in [0, 0.1) is 11.6 Å². The van der Waals surface area contributed by atoms with E-state index in [0.717, 1.165) is 17.0 Å². The Bertz CT molecular complexity index is 565. The van der Waals surface area contributed by atoms with Crippen molar-refractivity contribution in [3.63, 3.8) is 0 Å². The smallest absolute Gasteiger partial charge is 0.190 e. The van der Waals surface area contributed by atoms with Crippen LogP contribution in [-0.4, -0.2) is 18.6 Å². The van der Waals surface area contributed by atoms with Crippen molar-refractivity contribution in [3.05, 3.63) is 59.7 Å². The largest absolute Gasteiger partial charge is 0.487 e. The Labute approximate surface area is 119 Å². The highest BCUT2D eigenvalue weighted by molar-refractivity contribution is 7.99. The van der Waals surface area contributed by atoms with E-state index < -0.39 is 17.4 Å². The van der Waals surface area contributed by atoms with Gasteiger partial charge >= 0.3 is 0 Å². The lowest BCUT2D eigenvalue weighted by atomic mass is 10.2. The lowest BCUT2D eigenvalue weighted by Crippen LogP contribution is -2.04. The molecule has 0 spiro atoms. The molecule has 0 saturated heterocycles. The quantitative estimate of drug-likeness (QED) is 0.458. The third-order valence-electron chi connectivity index (χ3n) is 2.50. The first-order valence-electron chi connectivity index (χ1n) is 5.95. The molecule has 0 N–H and O–H groups in total. The molecule has 5 heteroatoms. The van der Waals surface area contributed by atoms with Gasteiger partial charge in [-0.2, -0.15) is 0 Å². The molecule has 104 valence electrons. The zero-order valence-corrected chi connectivity index (χ0v) is 11.3. The lowest BCUT2D eigenvalue weighted by Gasteiger charge is -2.08. The standard InChI is InChI=1S/C15H12F2O2S/c16-13-8-11(10-18)9-14(17)15(13)19-6-7-20-12-4-2-1-3-5-12/h1-5,8-10H,6-7H2. The summed E-state index contributed by atoms with van der Waals surface area (Å²) in [5, 5.41) is 0. The van der Waals surface area contributed by atoms with Crippen molar-refractivity contribution in [2.75, 3.05) is 12.4 Å². The summed E-state index contributed by atoms with van der Waals surface area (Å²) in [5.74, 6) is -1.60. The average molecular weight is 294 g/mol. The number of hydrogen-bond acceptors (Lipinski definition) is 3. The fraction of sp³-hybridized carbons (Fsp3) is 0.133. The van der Waals surface area contributed by atoms with Crippen molar-refractivity contribution in [3.8, 4) is 5.75 Å². The molecule has 20 heavy (non-hydrogen) atoms. The maximum Gasteiger partial charge on any atom is 0.190 e. The van der Waals surface area contributed by atoms with Gasteiger partial charge in [0, 0.05) is 16.2 Å². The van der Waals surface area contributed by atoms with E-state index in [4.69, 9.17) is 4.74 Å². The molecule has 2 aromatic rings. The number of halogens is 2. The predicted octanol–water partition coefficient (Wildman–Crippen LogP) is 3.95. The van der Waals surface area contributed by atoms with E-state index in [1.807, 2.05) is 30.3 Å². The number of ether oxygens (including phenoxy) is 1. The van der Waals surface area contributed by atoms with Crippen LogP contribution in [0.5, 0.6) is 5.75 Å². The Balaban J connectivity index is 1.90. The summed E-state index contributed by atoms with van der Waals surface area (Å²) in [5.41, 5.74) is -0.0500. The van der Waals surface area contributed by atoms with Crippen molar-refractivity contribution < 1.29 is 18.3 Å². The van der Waals surface area contributed by atoms with Crippen LogP contribution in [-0.2, 0) is 0 Å². The molecule has 2 aromatic carbocycles. The molecule has 0 bridgehead atoms. The van der Waals surface area contributed by atoms with Gasteiger partial charge < -0.3 is 4.74 Å². The van der Waals surface area contributed by atoms with Crippen molar-refractivity contribution in [1.29, 1.82) is 0 Å². The Kier molecular flexibility index (Phi) is 5.12. The van der Waals surface area contributed by atoms with E-state index in [-0.39, 0.29) is 12.2 Å². The third-order valence-corrected chi connectivity index (χ3v) is 3.47. The van der Waals surface area contributed by atoms with Gasteiger partial charge in [-0.3, -0.25) is 4.79 Å². The molecule has 0 heterocycles. The van der Waals surface area contributed by atoms with Crippen LogP contribution in [0.15, 0.2) is 47.4 Å². The number of benzene rings is 2. The summed E-state index contributed by atoms with van der Waals surface area (Å²) in [6, 6.07) is 11.6. The molecule has 0 aromatic heterocycles. The maximum atomic E-state index is 13.5. The highest BCUT2D eigenvalue weighted by atomic mass is 32.2. The van der Waals surface area contributed by atoms with Gasteiger partial charge in [0.2, 0.25) is 0 Å². The van der Waals surface area contributed by atoms with Crippen LogP contribution in [0.2, 0.25) is 0 Å². The topological polar surface area (TPSA) is 26.3 Å². The van der Waals surface area contributed by atoms with Gasteiger partial charge in [-0.25, -0.2) is 8.78 Å². The Hall–Kier alpha value is -1.88. The van der Waals surface area contributed by atoms with Gasteiger partial charge in [0.25, 0.3) is 0 Å². The van der Waals surface area contributed by atoms with Gasteiger partial charge in [-0.05, 0) is 24.3 Å². The average Bonchev–Trinajstić information content (AvgIpc) is 2.46. The molecular formula is C15H12F2O2S. The molecule has 0 unspecified atom stereocenters. The van der Waals surface area contributed by atoms with E-state index in [1.54, 1.807) is 0 Å². The molecule has 2 nitrogen and oxygen atoms in total. The highest BCUT2D eigenvalue weighted by Crippen LogP contribution is 2.23. The van der Waals surface area contributed by atoms with E-state index in [9.17, 15) is 13.6 Å². The third kappa shape index (κ3) is 3.81. The number of thioether (sulfide) groups is 1. The molecular weight excluding hydrogens is 282 g/mol. The fourth-order valence-electron chi connectivity index (χ4n) is 1.61. The summed E-state index contributed by atoms with van der Waals surface area (Å²) in [4.78, 5) is 11.5. The molecule has 0 aliphatic carbocycles. The molecule has 0 saturated carbocycles. The van der Waals surface area contributed by atoms with Crippen LogP contribution >= 0.6 is 11.8 Å². The van der Waals surface area contributed by atoms with Crippen LogP contribution in [0.4, 0.5) is 8.78 Å². The molecule has 0 radical (unpaired) electrons. The first-order chi connectivity index (χ1) is 9.70. The van der Waals surface area contributed by atoms with E-state index in [1.165, 1.54) is 11.8 Å². The normalized spacial score (nSPS) is 10.3. The molecule has 2 rings (SSSR count). The van der Waals surface area contributed by atoms with E-state index >= 15 is 0 Å². The second kappa shape index (κ2) is 7.05. The summed E-state index contributed by atoms with van der Waals surface area (Å²) in [6.45, 7) is 0.174. The van der Waals surface area contributed by atoms with Crippen LogP contribution in [0.25, 0.3) is 0 Å². The molecule has 0 aliphatic rings. The van der Waals surface area contributed by atoms with Gasteiger partial charge in [-0.1, -0.05) is 18.2 Å². The van der Waals surface area contributed by atoms with Crippen LogP contribution in [0.1, 0.15) is 10.4 Å². The maximum absolute atomic E-state index is 13.5. The Morgan fingerprint density at radius 1 is 1.10 bits per heavy atom. The number of hydrogen-bond donors (Lipinski definition) is 0. The van der Waals surface area contributed by atoms with Gasteiger partial charge in [0.15, 0.2) is 17.4 Å². The van der Waals surface area contributed by atoms with Crippen LogP contribution < -0.4 is 4.74 Å². The SMILES string of the molecule is O=Cc1cc(F)c(OCCSc2ccccc2)c(F)c1. The molecule has 0 aliphatic heterocycles. The minimum absolute atomic E-state index is 0.0500. The Morgan fingerprint density at radius 2 is 1.75 bits per heavy atom. The second-order valence-electron chi connectivity index (χ2n) is 3.94. The minimum atomic E-state index is -0.864. The van der Waals surface area contributed by atoms with Gasteiger partial charge in [0.05, 0.1) is 6.61 Å². The fourth-order valence-corrected chi connectivity index (χ4v) is 2.36. The predicted molar refractivity (Wildman–Crippen MR) is 74.4 cm³/mol. The summed E-state index contributed by atoms with van der Waals surface area (Å²) >= 11 is 1.53. The first-order valence-corrected chi connectivity index (χ1v) is 6.94. The first kappa shape index (κ1) is 14.5. The van der Waals surface area contributed by atoms with Crippen molar-refractivity contribution in [2.45, 2.75) is 4.90 Å². The molecule has 0 atom stereocenters. The zero-order valence-electron chi connectivity index (χ0n) is 10.5. The summed E-state index contributed by atoms with van der Waals surface area (Å²) < 4.78 is 32.1. The van der Waals surface area contributed by atoms with Gasteiger partial charge in [0.1, 0.15) is 6.29 Å². The van der Waals surface area contributed by atoms with Crippen molar-refractivity contribution in [2.24, 2.45) is 0 Å². The second-order valence-corrected chi connectivity index (χ2v) is 5.11. The number of rotatable bonds is 6. The van der Waals surface area contributed by atoms with Crippen molar-refractivity contribution in [1.82, 2.24) is 0 Å². The molecule has 0 amide bonds. The minimum Gasteiger partial charge on any atom is -0.487 e. The van der Waals surface area contributed by atoms with Gasteiger partial charge in [-0.15, -0.1) is 11.8 Å². The van der Waals surface area contributed by atoms with Crippen LogP contribution in [0.3, 0.4) is 0 Å². The Morgan fingerprint density at radius 3 is 2.35 bits per heavy atom. The van der Waals surface area contributed by atoms with Crippen molar-refractivity contribution >= 4 is 18.0 Å². The zero-order chi connectivity index (χ0) is 14.4. The number of carbonyl (C=O) groups excluding carboxylic acids is 1. The molecule has 0 fully saturated rings.